The molecule has 18 heavy (non-hydrogen) atoms. The normalized spacial score (nSPS) is 31.3. The lowest BCUT2D eigenvalue weighted by molar-refractivity contribution is 0.0489. The van der Waals surface area contributed by atoms with Crippen LogP contribution in [0.3, 0.4) is 0 Å². The molecule has 2 heterocycles. The van der Waals surface area contributed by atoms with Crippen molar-refractivity contribution < 1.29 is 14.3 Å². The minimum absolute atomic E-state index is 0.0109. The van der Waals surface area contributed by atoms with Crippen LogP contribution in [0.15, 0.2) is 18.3 Å². The molecule has 1 aliphatic rings. The van der Waals surface area contributed by atoms with Crippen molar-refractivity contribution in [3.8, 4) is 5.75 Å². The molecule has 4 atom stereocenters. The number of carbonyl (C=O) groups is 1. The van der Waals surface area contributed by atoms with Crippen LogP contribution in [0.5, 0.6) is 5.75 Å². The monoisotopic (exact) mass is 249 g/mol. The predicted molar refractivity (Wildman–Crippen MR) is 67.8 cm³/mol. The van der Waals surface area contributed by atoms with E-state index in [0.29, 0.717) is 11.4 Å². The highest BCUT2D eigenvalue weighted by atomic mass is 16.5. The highest BCUT2D eigenvalue weighted by molar-refractivity contribution is 5.99. The van der Waals surface area contributed by atoms with E-state index in [1.165, 1.54) is 0 Å². The number of methoxy groups -OCH3 is 1. The highest BCUT2D eigenvalue weighted by Crippen LogP contribution is 2.35. The van der Waals surface area contributed by atoms with Gasteiger partial charge in [0.2, 0.25) is 0 Å². The molecule has 1 aromatic rings. The number of aromatic nitrogens is 1. The van der Waals surface area contributed by atoms with Gasteiger partial charge in [0.05, 0.1) is 25.2 Å². The summed E-state index contributed by atoms with van der Waals surface area (Å²) in [5.74, 6) is 0.585. The third-order valence-corrected chi connectivity index (χ3v) is 3.77. The first-order valence-electron chi connectivity index (χ1n) is 6.25. The quantitative estimate of drug-likeness (QED) is 0.771. The Bertz CT molecular complexity index is 446. The Balaban J connectivity index is 2.31. The molecule has 1 fully saturated rings. The summed E-state index contributed by atoms with van der Waals surface area (Å²) in [5.41, 5.74) is 0.404. The van der Waals surface area contributed by atoms with E-state index in [9.17, 15) is 4.79 Å². The van der Waals surface area contributed by atoms with E-state index in [2.05, 4.69) is 4.98 Å². The van der Waals surface area contributed by atoms with Crippen LogP contribution in [-0.4, -0.2) is 30.1 Å². The summed E-state index contributed by atoms with van der Waals surface area (Å²) in [4.78, 5) is 16.7. The topological polar surface area (TPSA) is 48.4 Å². The number of ether oxygens (including phenoxy) is 2. The molecule has 1 aromatic heterocycles. The first-order valence-corrected chi connectivity index (χ1v) is 6.25. The lowest BCUT2D eigenvalue weighted by Crippen LogP contribution is -2.27. The van der Waals surface area contributed by atoms with Gasteiger partial charge in [-0.25, -0.2) is 4.98 Å². The molecular weight excluding hydrogens is 230 g/mol. The summed E-state index contributed by atoms with van der Waals surface area (Å²) in [6, 6.07) is 3.52. The van der Waals surface area contributed by atoms with E-state index in [-0.39, 0.29) is 29.8 Å². The molecule has 4 nitrogen and oxygen atoms in total. The van der Waals surface area contributed by atoms with Gasteiger partial charge >= 0.3 is 0 Å². The van der Waals surface area contributed by atoms with Crippen molar-refractivity contribution in [1.82, 2.24) is 4.98 Å². The van der Waals surface area contributed by atoms with Crippen molar-refractivity contribution in [2.45, 2.75) is 33.0 Å². The molecule has 0 spiro atoms. The average Bonchev–Trinajstić information content (AvgIpc) is 2.62. The van der Waals surface area contributed by atoms with E-state index in [4.69, 9.17) is 9.47 Å². The summed E-state index contributed by atoms with van der Waals surface area (Å²) < 4.78 is 10.9. The maximum absolute atomic E-state index is 12.6. The summed E-state index contributed by atoms with van der Waals surface area (Å²) in [7, 11) is 1.55. The Kier molecular flexibility index (Phi) is 3.66. The molecular formula is C14H19NO3. The molecule has 0 aliphatic carbocycles. The van der Waals surface area contributed by atoms with Crippen LogP contribution >= 0.6 is 0 Å². The minimum Gasteiger partial charge on any atom is -0.494 e. The average molecular weight is 249 g/mol. The minimum atomic E-state index is -0.149. The summed E-state index contributed by atoms with van der Waals surface area (Å²) in [5, 5.41) is 0. The van der Waals surface area contributed by atoms with Crippen molar-refractivity contribution in [3.05, 3.63) is 24.0 Å². The molecule has 1 saturated heterocycles. The third kappa shape index (κ3) is 2.12. The van der Waals surface area contributed by atoms with Gasteiger partial charge in [-0.15, -0.1) is 0 Å². The van der Waals surface area contributed by atoms with Gasteiger partial charge in [0.25, 0.3) is 0 Å². The fraction of sp³-hybridized carbons (Fsp3) is 0.571. The number of hydrogen-bond acceptors (Lipinski definition) is 4. The molecule has 2 rings (SSSR count). The van der Waals surface area contributed by atoms with Gasteiger partial charge in [-0.05, 0) is 31.9 Å². The fourth-order valence-corrected chi connectivity index (χ4v) is 2.62. The molecule has 0 N–H and O–H groups in total. The Labute approximate surface area is 107 Å². The lowest BCUT2D eigenvalue weighted by atomic mass is 9.84. The number of carbonyl (C=O) groups excluding carboxylic acids is 1. The van der Waals surface area contributed by atoms with E-state index in [1.54, 1.807) is 25.4 Å². The largest absolute Gasteiger partial charge is 0.494 e. The van der Waals surface area contributed by atoms with Crippen molar-refractivity contribution in [2.75, 3.05) is 7.11 Å². The standard InChI is InChI=1S/C14H19NO3/c1-8-9(2)18-10(3)12(8)14(16)13-11(17-4)6-5-7-15-13/h5-10,12H,1-4H3. The third-order valence-electron chi connectivity index (χ3n) is 3.77. The maximum Gasteiger partial charge on any atom is 0.191 e. The summed E-state index contributed by atoms with van der Waals surface area (Å²) in [6.07, 6.45) is 1.64. The van der Waals surface area contributed by atoms with Gasteiger partial charge in [0, 0.05) is 6.20 Å². The van der Waals surface area contributed by atoms with E-state index in [1.807, 2.05) is 20.8 Å². The molecule has 0 saturated carbocycles. The van der Waals surface area contributed by atoms with Crippen LogP contribution in [0.25, 0.3) is 0 Å². The second kappa shape index (κ2) is 5.06. The first kappa shape index (κ1) is 13.0. The van der Waals surface area contributed by atoms with Gasteiger partial charge in [0.1, 0.15) is 11.4 Å². The SMILES string of the molecule is COc1cccnc1C(=O)C1C(C)OC(C)C1C. The van der Waals surface area contributed by atoms with Crippen LogP contribution in [-0.2, 0) is 4.74 Å². The number of hydrogen-bond donors (Lipinski definition) is 0. The molecule has 4 heteroatoms. The summed E-state index contributed by atoms with van der Waals surface area (Å²) in [6.45, 7) is 5.99. The molecule has 0 bridgehead atoms. The van der Waals surface area contributed by atoms with E-state index >= 15 is 0 Å². The number of ketones is 1. The van der Waals surface area contributed by atoms with Crippen molar-refractivity contribution in [3.63, 3.8) is 0 Å². The van der Waals surface area contributed by atoms with Gasteiger partial charge in [-0.3, -0.25) is 4.79 Å². The predicted octanol–water partition coefficient (Wildman–Crippen LogP) is 2.33. The zero-order valence-electron chi connectivity index (χ0n) is 11.2. The first-order chi connectivity index (χ1) is 8.56. The number of nitrogens with zero attached hydrogens (tertiary/aromatic N) is 1. The fourth-order valence-electron chi connectivity index (χ4n) is 2.62. The molecule has 1 aliphatic heterocycles. The van der Waals surface area contributed by atoms with Gasteiger partial charge in [-0.1, -0.05) is 6.92 Å². The number of pyridine rings is 1. The maximum atomic E-state index is 12.6. The Hall–Kier alpha value is -1.42. The smallest absolute Gasteiger partial charge is 0.191 e. The van der Waals surface area contributed by atoms with Gasteiger partial charge in [0.15, 0.2) is 5.78 Å². The lowest BCUT2D eigenvalue weighted by Gasteiger charge is -2.17. The van der Waals surface area contributed by atoms with Crippen LogP contribution in [0.4, 0.5) is 0 Å². The second-order valence-electron chi connectivity index (χ2n) is 4.85. The van der Waals surface area contributed by atoms with Crippen molar-refractivity contribution in [1.29, 1.82) is 0 Å². The second-order valence-corrected chi connectivity index (χ2v) is 4.85. The van der Waals surface area contributed by atoms with E-state index < -0.39 is 0 Å². The van der Waals surface area contributed by atoms with Crippen LogP contribution in [0.2, 0.25) is 0 Å². The Morgan fingerprint density at radius 3 is 2.61 bits per heavy atom. The highest BCUT2D eigenvalue weighted by Gasteiger charge is 2.42. The molecule has 98 valence electrons. The van der Waals surface area contributed by atoms with Crippen molar-refractivity contribution >= 4 is 5.78 Å². The van der Waals surface area contributed by atoms with Crippen LogP contribution in [0, 0.1) is 11.8 Å². The Morgan fingerprint density at radius 1 is 1.33 bits per heavy atom. The molecule has 0 radical (unpaired) electrons. The molecule has 0 amide bonds. The van der Waals surface area contributed by atoms with Crippen LogP contribution < -0.4 is 4.74 Å². The number of rotatable bonds is 3. The van der Waals surface area contributed by atoms with Crippen LogP contribution in [0.1, 0.15) is 31.3 Å². The Morgan fingerprint density at radius 2 is 2.06 bits per heavy atom. The zero-order chi connectivity index (χ0) is 13.3. The molecule has 0 aromatic carbocycles. The van der Waals surface area contributed by atoms with Gasteiger partial charge in [-0.2, -0.15) is 0 Å². The number of Topliss-reactive ketones (excluding diaryl/α,β-unsaturated/α-hetero) is 1. The molecule has 4 unspecified atom stereocenters. The van der Waals surface area contributed by atoms with Gasteiger partial charge < -0.3 is 9.47 Å². The van der Waals surface area contributed by atoms with Crippen molar-refractivity contribution in [2.24, 2.45) is 11.8 Å². The van der Waals surface area contributed by atoms with E-state index in [0.717, 1.165) is 0 Å². The summed E-state index contributed by atoms with van der Waals surface area (Å²) >= 11 is 0. The zero-order valence-corrected chi connectivity index (χ0v) is 11.2.